The second-order valence-electron chi connectivity index (χ2n) is 7.82. The van der Waals surface area contributed by atoms with Gasteiger partial charge in [-0.2, -0.15) is 0 Å². The van der Waals surface area contributed by atoms with Crippen LogP contribution in [0.25, 0.3) is 0 Å². The normalized spacial score (nSPS) is 18.0. The number of hydrogen-bond acceptors (Lipinski definition) is 3. The van der Waals surface area contributed by atoms with Gasteiger partial charge < -0.3 is 10.2 Å². The van der Waals surface area contributed by atoms with Gasteiger partial charge in [0.25, 0.3) is 5.91 Å². The molecule has 1 N–H and O–H groups in total. The number of nitrogens with zero attached hydrogens (tertiary/aromatic N) is 2. The second-order valence-corrected chi connectivity index (χ2v) is 7.82. The predicted octanol–water partition coefficient (Wildman–Crippen LogP) is 4.18. The molecule has 150 valence electrons. The molecule has 4 rings (SSSR count). The Bertz CT molecular complexity index is 930. The Kier molecular flexibility index (Phi) is 5.47. The number of para-hydroxylation sites is 1. The summed E-state index contributed by atoms with van der Waals surface area (Å²) in [6.45, 7) is 2.09. The van der Waals surface area contributed by atoms with Crippen molar-refractivity contribution in [3.05, 3.63) is 65.7 Å². The Hall–Kier alpha value is -2.95. The van der Waals surface area contributed by atoms with Gasteiger partial charge in [0, 0.05) is 11.3 Å². The molecule has 0 bridgehead atoms. The summed E-state index contributed by atoms with van der Waals surface area (Å²) in [5.74, 6) is -0.314. The van der Waals surface area contributed by atoms with Crippen LogP contribution in [0.1, 0.15) is 50.2 Å². The third-order valence-electron chi connectivity index (χ3n) is 5.95. The number of hydrogen-bond donors (Lipinski definition) is 1. The first-order valence-electron chi connectivity index (χ1n) is 10.5. The maximum absolute atomic E-state index is 13.3. The van der Waals surface area contributed by atoms with E-state index in [9.17, 15) is 9.59 Å². The second kappa shape index (κ2) is 8.19. The van der Waals surface area contributed by atoms with Gasteiger partial charge in [-0.1, -0.05) is 61.9 Å². The number of benzene rings is 2. The van der Waals surface area contributed by atoms with Gasteiger partial charge >= 0.3 is 0 Å². The molecule has 0 unspecified atom stereocenters. The zero-order valence-corrected chi connectivity index (χ0v) is 16.9. The molecule has 5 heteroatoms. The van der Waals surface area contributed by atoms with Crippen molar-refractivity contribution in [1.82, 2.24) is 4.90 Å². The molecule has 0 radical (unpaired) electrons. The van der Waals surface area contributed by atoms with Crippen LogP contribution in [0.2, 0.25) is 0 Å². The highest BCUT2D eigenvalue weighted by Crippen LogP contribution is 2.39. The standard InChI is InChI=1S/C24H27N3O2/c1-2-18-11-7-8-14-20(18)25-21(28)17-27-23(29)22(19-12-5-3-6-13-19)26-24(27)15-9-4-10-16-24/h3,5-8,11-14H,2,4,9-10,15-17H2,1H3,(H,25,28). The number of rotatable bonds is 5. The van der Waals surface area contributed by atoms with Gasteiger partial charge in [0.15, 0.2) is 0 Å². The van der Waals surface area contributed by atoms with Crippen LogP contribution in [0.15, 0.2) is 59.6 Å². The van der Waals surface area contributed by atoms with Crippen LogP contribution in [-0.4, -0.2) is 34.6 Å². The molecule has 1 fully saturated rings. The molecule has 0 atom stereocenters. The summed E-state index contributed by atoms with van der Waals surface area (Å²) in [5.41, 5.74) is 2.62. The van der Waals surface area contributed by atoms with Crippen molar-refractivity contribution in [2.75, 3.05) is 11.9 Å². The van der Waals surface area contributed by atoms with Gasteiger partial charge in [-0.25, -0.2) is 0 Å². The van der Waals surface area contributed by atoms with Gasteiger partial charge in [0.1, 0.15) is 17.9 Å². The van der Waals surface area contributed by atoms with Crippen LogP contribution in [0, 0.1) is 0 Å². The first kappa shape index (κ1) is 19.4. The van der Waals surface area contributed by atoms with Crippen LogP contribution >= 0.6 is 0 Å². The zero-order chi connectivity index (χ0) is 20.3. The Balaban J connectivity index is 1.58. The molecule has 0 aromatic heterocycles. The number of carbonyl (C=O) groups is 2. The molecule has 5 nitrogen and oxygen atoms in total. The molecule has 2 aromatic rings. The molecule has 1 spiro atoms. The SMILES string of the molecule is CCc1ccccc1NC(=O)CN1C(=O)C(c2ccccc2)=NC12CCCCC2. The van der Waals surface area contributed by atoms with Gasteiger partial charge in [0.05, 0.1) is 0 Å². The van der Waals surface area contributed by atoms with E-state index in [1.165, 1.54) is 0 Å². The highest BCUT2D eigenvalue weighted by molar-refractivity contribution is 6.47. The molecule has 1 saturated carbocycles. The number of carbonyl (C=O) groups excluding carboxylic acids is 2. The maximum atomic E-state index is 13.3. The number of anilines is 1. The van der Waals surface area contributed by atoms with Crippen LogP contribution in [-0.2, 0) is 16.0 Å². The third-order valence-corrected chi connectivity index (χ3v) is 5.95. The monoisotopic (exact) mass is 389 g/mol. The van der Waals surface area contributed by atoms with Gasteiger partial charge in [-0.05, 0) is 43.7 Å². The predicted molar refractivity (Wildman–Crippen MR) is 115 cm³/mol. The van der Waals surface area contributed by atoms with E-state index < -0.39 is 5.66 Å². The van der Waals surface area contributed by atoms with Crippen LogP contribution in [0.3, 0.4) is 0 Å². The van der Waals surface area contributed by atoms with E-state index in [2.05, 4.69) is 12.2 Å². The molecular weight excluding hydrogens is 362 g/mol. The number of nitrogens with one attached hydrogen (secondary N) is 1. The fourth-order valence-electron chi connectivity index (χ4n) is 4.42. The van der Waals surface area contributed by atoms with E-state index in [1.54, 1.807) is 4.90 Å². The topological polar surface area (TPSA) is 61.8 Å². The minimum absolute atomic E-state index is 0.0245. The minimum atomic E-state index is -0.581. The van der Waals surface area contributed by atoms with Gasteiger partial charge in [0.2, 0.25) is 5.91 Å². The van der Waals surface area contributed by atoms with E-state index in [0.29, 0.717) is 5.71 Å². The molecule has 0 saturated heterocycles. The molecule has 1 aliphatic heterocycles. The van der Waals surface area contributed by atoms with E-state index in [4.69, 9.17) is 4.99 Å². The largest absolute Gasteiger partial charge is 0.324 e. The Morgan fingerprint density at radius 2 is 1.72 bits per heavy atom. The van der Waals surface area contributed by atoms with Gasteiger partial charge in [-0.3, -0.25) is 14.6 Å². The summed E-state index contributed by atoms with van der Waals surface area (Å²) in [4.78, 5) is 32.8. The molecule has 2 amide bonds. The smallest absolute Gasteiger partial charge is 0.275 e. The Morgan fingerprint density at radius 3 is 2.45 bits per heavy atom. The lowest BCUT2D eigenvalue weighted by Gasteiger charge is -2.38. The van der Waals surface area contributed by atoms with E-state index in [0.717, 1.165) is 55.3 Å². The van der Waals surface area contributed by atoms with Crippen LogP contribution in [0.5, 0.6) is 0 Å². The summed E-state index contributed by atoms with van der Waals surface area (Å²) in [6, 6.07) is 17.4. The number of aliphatic imine (C=N–C) groups is 1. The van der Waals surface area contributed by atoms with Crippen LogP contribution < -0.4 is 5.32 Å². The molecule has 2 aliphatic rings. The molecule has 1 heterocycles. The quantitative estimate of drug-likeness (QED) is 0.834. The summed E-state index contributed by atoms with van der Waals surface area (Å²) < 4.78 is 0. The van der Waals surface area contributed by atoms with Crippen molar-refractivity contribution in [2.45, 2.75) is 51.1 Å². The average Bonchev–Trinajstić information content (AvgIpc) is 3.01. The van der Waals surface area contributed by atoms with Gasteiger partial charge in [-0.15, -0.1) is 0 Å². The lowest BCUT2D eigenvalue weighted by atomic mass is 9.88. The average molecular weight is 389 g/mol. The lowest BCUT2D eigenvalue weighted by molar-refractivity contribution is -0.134. The van der Waals surface area contributed by atoms with E-state index >= 15 is 0 Å². The molecule has 2 aromatic carbocycles. The number of amides is 2. The molecule has 1 aliphatic carbocycles. The van der Waals surface area contributed by atoms with Crippen molar-refractivity contribution in [3.63, 3.8) is 0 Å². The fourth-order valence-corrected chi connectivity index (χ4v) is 4.42. The Labute approximate surface area is 171 Å². The summed E-state index contributed by atoms with van der Waals surface area (Å²) in [6.07, 6.45) is 5.66. The third kappa shape index (κ3) is 3.82. The highest BCUT2D eigenvalue weighted by Gasteiger charge is 2.48. The first-order valence-corrected chi connectivity index (χ1v) is 10.5. The van der Waals surface area contributed by atoms with Crippen molar-refractivity contribution < 1.29 is 9.59 Å². The number of aryl methyl sites for hydroxylation is 1. The van der Waals surface area contributed by atoms with Crippen LogP contribution in [0.4, 0.5) is 5.69 Å². The molecule has 29 heavy (non-hydrogen) atoms. The van der Waals surface area contributed by atoms with Crippen molar-refractivity contribution in [2.24, 2.45) is 4.99 Å². The first-order chi connectivity index (χ1) is 14.1. The zero-order valence-electron chi connectivity index (χ0n) is 16.9. The fraction of sp³-hybridized carbons (Fsp3) is 0.375. The van der Waals surface area contributed by atoms with E-state index in [-0.39, 0.29) is 18.4 Å². The summed E-state index contributed by atoms with van der Waals surface area (Å²) in [5, 5.41) is 3.00. The Morgan fingerprint density at radius 1 is 1.03 bits per heavy atom. The summed E-state index contributed by atoms with van der Waals surface area (Å²) in [7, 11) is 0. The minimum Gasteiger partial charge on any atom is -0.324 e. The van der Waals surface area contributed by atoms with Crippen molar-refractivity contribution in [1.29, 1.82) is 0 Å². The summed E-state index contributed by atoms with van der Waals surface area (Å²) >= 11 is 0. The lowest BCUT2D eigenvalue weighted by Crippen LogP contribution is -2.51. The van der Waals surface area contributed by atoms with Crippen molar-refractivity contribution in [3.8, 4) is 0 Å². The van der Waals surface area contributed by atoms with E-state index in [1.807, 2.05) is 54.6 Å². The highest BCUT2D eigenvalue weighted by atomic mass is 16.2. The molecular formula is C24H27N3O2. The maximum Gasteiger partial charge on any atom is 0.275 e. The van der Waals surface area contributed by atoms with Crippen molar-refractivity contribution >= 4 is 23.2 Å².